The molecule has 2 saturated carbocycles. The molecule has 9 heteroatoms. The number of carbonyl (C=O) groups excluding carboxylic acids is 2. The summed E-state index contributed by atoms with van der Waals surface area (Å²) in [5.74, 6) is 0.0861. The van der Waals surface area contributed by atoms with Gasteiger partial charge in [0.2, 0.25) is 0 Å². The van der Waals surface area contributed by atoms with Crippen LogP contribution in [0.4, 0.5) is 5.69 Å². The minimum atomic E-state index is -4.08. The molecule has 3 fully saturated rings. The van der Waals surface area contributed by atoms with E-state index in [-0.39, 0.29) is 22.9 Å². The molecule has 5 rings (SSSR count). The minimum absolute atomic E-state index is 0.0152. The highest BCUT2D eigenvalue weighted by Gasteiger charge is 2.65. The predicted molar refractivity (Wildman–Crippen MR) is 166 cm³/mol. The number of likely N-dealkylation sites (N-methyl/N-ethyl adjacent to an activating group) is 1. The van der Waals surface area contributed by atoms with E-state index in [1.54, 1.807) is 0 Å². The summed E-state index contributed by atoms with van der Waals surface area (Å²) in [6, 6.07) is 18.4. The van der Waals surface area contributed by atoms with E-state index in [0.29, 0.717) is 19.3 Å². The van der Waals surface area contributed by atoms with Crippen molar-refractivity contribution >= 4 is 27.4 Å². The molecule has 0 radical (unpaired) electrons. The van der Waals surface area contributed by atoms with Crippen molar-refractivity contribution in [1.82, 2.24) is 4.90 Å². The van der Waals surface area contributed by atoms with Crippen molar-refractivity contribution in [1.29, 1.82) is 0 Å². The van der Waals surface area contributed by atoms with Gasteiger partial charge in [0, 0.05) is 30.8 Å². The molecule has 2 aromatic rings. The van der Waals surface area contributed by atoms with Crippen molar-refractivity contribution in [3.63, 3.8) is 0 Å². The third-order valence-corrected chi connectivity index (χ3v) is 11.1. The molecule has 0 spiro atoms. The maximum Gasteiger partial charge on any atom is 0.265 e. The SMILES string of the molecule is CC1(C)C2CCC1(CS(=O)(=O)O)C(=O)C2.CCC(Cc1ccccc1)(C(=O)c1ccc(N2CCOCC2)cc1)N(C)C. The second kappa shape index (κ2) is 12.6. The summed E-state index contributed by atoms with van der Waals surface area (Å²) in [4.78, 5) is 29.8. The monoisotopic (exact) mass is 598 g/mol. The number of fused-ring (bicyclic) bond motifs is 2. The third kappa shape index (κ3) is 6.34. The van der Waals surface area contributed by atoms with Crippen LogP contribution in [0.25, 0.3) is 0 Å². The normalized spacial score (nSPS) is 24.7. The van der Waals surface area contributed by atoms with Gasteiger partial charge >= 0.3 is 0 Å². The first-order valence-corrected chi connectivity index (χ1v) is 16.5. The maximum absolute atomic E-state index is 13.6. The van der Waals surface area contributed by atoms with Crippen LogP contribution in [0.15, 0.2) is 54.6 Å². The fourth-order valence-corrected chi connectivity index (χ4v) is 8.61. The Balaban J connectivity index is 0.000000227. The molecule has 42 heavy (non-hydrogen) atoms. The van der Waals surface area contributed by atoms with Crippen LogP contribution in [0.2, 0.25) is 0 Å². The number of nitrogens with zero attached hydrogens (tertiary/aromatic N) is 2. The highest BCUT2D eigenvalue weighted by atomic mass is 32.2. The van der Waals surface area contributed by atoms with Crippen molar-refractivity contribution in [2.24, 2.45) is 16.7 Å². The zero-order valence-electron chi connectivity index (χ0n) is 25.6. The first-order valence-electron chi connectivity index (χ1n) is 14.9. The minimum Gasteiger partial charge on any atom is -0.378 e. The molecule has 1 saturated heterocycles. The van der Waals surface area contributed by atoms with Crippen molar-refractivity contribution < 1.29 is 27.3 Å². The van der Waals surface area contributed by atoms with E-state index in [2.05, 4.69) is 41.0 Å². The Kier molecular flexibility index (Phi) is 9.67. The molecule has 1 aliphatic heterocycles. The number of benzene rings is 2. The summed E-state index contributed by atoms with van der Waals surface area (Å²) in [7, 11) is -0.0634. The number of ether oxygens (including phenoxy) is 1. The van der Waals surface area contributed by atoms with Crippen molar-refractivity contribution in [2.75, 3.05) is 51.1 Å². The molecular weight excluding hydrogens is 552 g/mol. The second-order valence-corrected chi connectivity index (χ2v) is 14.3. The number of hydrogen-bond acceptors (Lipinski definition) is 7. The van der Waals surface area contributed by atoms with E-state index < -0.39 is 26.8 Å². The summed E-state index contributed by atoms with van der Waals surface area (Å²) in [5.41, 5.74) is 1.46. The first-order chi connectivity index (χ1) is 19.8. The average Bonchev–Trinajstić information content (AvgIpc) is 3.30. The summed E-state index contributed by atoms with van der Waals surface area (Å²) in [6.45, 7) is 9.31. The van der Waals surface area contributed by atoms with E-state index in [1.807, 2.05) is 58.3 Å². The van der Waals surface area contributed by atoms with Crippen molar-refractivity contribution in [3.05, 3.63) is 65.7 Å². The Morgan fingerprint density at radius 2 is 1.69 bits per heavy atom. The largest absolute Gasteiger partial charge is 0.378 e. The molecular formula is C33H46N2O6S. The van der Waals surface area contributed by atoms with Gasteiger partial charge in [0.15, 0.2) is 5.78 Å². The number of morpholine rings is 1. The van der Waals surface area contributed by atoms with Gasteiger partial charge in [-0.25, -0.2) is 0 Å². The lowest BCUT2D eigenvalue weighted by molar-refractivity contribution is -0.128. The molecule has 2 aromatic carbocycles. The molecule has 0 aromatic heterocycles. The fourth-order valence-electron chi connectivity index (χ4n) is 7.31. The summed E-state index contributed by atoms with van der Waals surface area (Å²) < 4.78 is 36.4. The van der Waals surface area contributed by atoms with Gasteiger partial charge in [-0.2, -0.15) is 8.42 Å². The van der Waals surface area contributed by atoms with Crippen LogP contribution in [0.3, 0.4) is 0 Å². The Labute approximate surface area is 251 Å². The van der Waals surface area contributed by atoms with Crippen LogP contribution in [0, 0.1) is 16.7 Å². The molecule has 0 amide bonds. The number of carbonyl (C=O) groups is 2. The predicted octanol–water partition coefficient (Wildman–Crippen LogP) is 4.93. The molecule has 2 bridgehead atoms. The zero-order chi connectivity index (χ0) is 30.8. The quantitative estimate of drug-likeness (QED) is 0.320. The Bertz CT molecular complexity index is 1350. The fraction of sp³-hybridized carbons (Fsp3) is 0.576. The lowest BCUT2D eigenvalue weighted by Gasteiger charge is -2.38. The van der Waals surface area contributed by atoms with Gasteiger partial charge in [-0.05, 0) is 80.9 Å². The van der Waals surface area contributed by atoms with E-state index in [9.17, 15) is 18.0 Å². The molecule has 1 heterocycles. The van der Waals surface area contributed by atoms with Crippen LogP contribution in [-0.4, -0.2) is 81.1 Å². The van der Waals surface area contributed by atoms with E-state index in [0.717, 1.165) is 50.4 Å². The molecule has 3 atom stereocenters. The van der Waals surface area contributed by atoms with Crippen molar-refractivity contribution in [3.8, 4) is 0 Å². The van der Waals surface area contributed by atoms with Crippen LogP contribution < -0.4 is 4.90 Å². The lowest BCUT2D eigenvalue weighted by atomic mass is 9.70. The smallest absolute Gasteiger partial charge is 0.265 e. The standard InChI is InChI=1S/C23H30N2O2.C10H16O4S/c1-4-23(24(2)3,18-19-8-6-5-7-9-19)22(26)20-10-12-21(13-11-20)25-14-16-27-17-15-25;1-9(2)7-3-4-10(9,8(11)5-7)6-15(12,13)14/h5-13H,4,14-18H2,1-3H3;7H,3-6H2,1-2H3,(H,12,13,14). The van der Waals surface area contributed by atoms with Gasteiger partial charge in [-0.1, -0.05) is 51.1 Å². The van der Waals surface area contributed by atoms with Gasteiger partial charge in [0.1, 0.15) is 5.78 Å². The Morgan fingerprint density at radius 3 is 2.17 bits per heavy atom. The molecule has 230 valence electrons. The van der Waals surface area contributed by atoms with Gasteiger partial charge in [0.25, 0.3) is 10.1 Å². The highest BCUT2D eigenvalue weighted by Crippen LogP contribution is 2.64. The second-order valence-electron chi connectivity index (χ2n) is 12.8. The van der Waals surface area contributed by atoms with Crippen LogP contribution >= 0.6 is 0 Å². The molecule has 2 aliphatic carbocycles. The lowest BCUT2D eigenvalue weighted by Crippen LogP contribution is -2.52. The van der Waals surface area contributed by atoms with Crippen LogP contribution in [0.1, 0.15) is 62.4 Å². The Hall–Kier alpha value is -2.59. The average molecular weight is 599 g/mol. The molecule has 3 unspecified atom stereocenters. The Morgan fingerprint density at radius 1 is 1.07 bits per heavy atom. The summed E-state index contributed by atoms with van der Waals surface area (Å²) in [6.07, 6.45) is 3.44. The molecule has 3 aliphatic rings. The number of anilines is 1. The van der Waals surface area contributed by atoms with E-state index in [4.69, 9.17) is 9.29 Å². The number of rotatable bonds is 9. The van der Waals surface area contributed by atoms with E-state index >= 15 is 0 Å². The van der Waals surface area contributed by atoms with Gasteiger partial charge in [0.05, 0.1) is 29.9 Å². The third-order valence-electron chi connectivity index (χ3n) is 10.3. The number of ketones is 2. The van der Waals surface area contributed by atoms with Gasteiger partial charge in [-0.15, -0.1) is 0 Å². The maximum atomic E-state index is 13.6. The summed E-state index contributed by atoms with van der Waals surface area (Å²) >= 11 is 0. The van der Waals surface area contributed by atoms with Crippen LogP contribution in [0.5, 0.6) is 0 Å². The molecule has 8 nitrogen and oxygen atoms in total. The van der Waals surface area contributed by atoms with Gasteiger partial charge in [-0.3, -0.25) is 19.0 Å². The zero-order valence-corrected chi connectivity index (χ0v) is 26.5. The highest BCUT2D eigenvalue weighted by molar-refractivity contribution is 7.85. The first kappa shape index (κ1) is 32.3. The number of hydrogen-bond donors (Lipinski definition) is 1. The summed E-state index contributed by atoms with van der Waals surface area (Å²) in [5, 5.41) is 0. The van der Waals surface area contributed by atoms with Gasteiger partial charge < -0.3 is 9.64 Å². The number of Topliss-reactive ketones (excluding diaryl/α,β-unsaturated/α-hetero) is 2. The van der Waals surface area contributed by atoms with Crippen molar-refractivity contribution in [2.45, 2.75) is 58.4 Å². The topological polar surface area (TPSA) is 104 Å². The van der Waals surface area contributed by atoms with Crippen LogP contribution in [-0.2, 0) is 26.1 Å². The van der Waals surface area contributed by atoms with E-state index in [1.165, 1.54) is 5.56 Å². The molecule has 1 N–H and O–H groups in total.